The summed E-state index contributed by atoms with van der Waals surface area (Å²) in [5.41, 5.74) is 19.5. The van der Waals surface area contributed by atoms with E-state index in [2.05, 4.69) is 31.7 Å². The van der Waals surface area contributed by atoms with E-state index in [1.54, 1.807) is 24.3 Å². The van der Waals surface area contributed by atoms with Crippen molar-refractivity contribution in [3.63, 3.8) is 0 Å². The summed E-state index contributed by atoms with van der Waals surface area (Å²) in [6.45, 7) is 3.78. The van der Waals surface area contributed by atoms with Gasteiger partial charge >= 0.3 is 0 Å². The molecule has 0 saturated carbocycles. The molecule has 0 aliphatic heterocycles. The van der Waals surface area contributed by atoms with Gasteiger partial charge in [0.05, 0.1) is 0 Å². The molecule has 2 aromatic carbocycles. The molecule has 29 heavy (non-hydrogen) atoms. The van der Waals surface area contributed by atoms with Gasteiger partial charge in [-0.1, -0.05) is 35.9 Å². The molecule has 1 heterocycles. The van der Waals surface area contributed by atoms with Gasteiger partial charge in [0.2, 0.25) is 0 Å². The highest BCUT2D eigenvalue weighted by molar-refractivity contribution is 5.97. The molecule has 3 rings (SSSR count). The highest BCUT2D eigenvalue weighted by Gasteiger charge is 2.12. The summed E-state index contributed by atoms with van der Waals surface area (Å²) in [6.07, 6.45) is 1.25. The van der Waals surface area contributed by atoms with Crippen molar-refractivity contribution in [3.05, 3.63) is 77.1 Å². The third kappa shape index (κ3) is 4.78. The van der Waals surface area contributed by atoms with Crippen molar-refractivity contribution in [3.8, 4) is 0 Å². The van der Waals surface area contributed by atoms with Crippen molar-refractivity contribution in [2.24, 2.45) is 0 Å². The summed E-state index contributed by atoms with van der Waals surface area (Å²) in [5.74, 6) is -0.296. The fourth-order valence-corrected chi connectivity index (χ4v) is 2.50. The van der Waals surface area contributed by atoms with Crippen LogP contribution in [0.25, 0.3) is 0 Å². The molecule has 9 heteroatoms. The van der Waals surface area contributed by atoms with Gasteiger partial charge in [0.25, 0.3) is 11.8 Å². The number of aryl methyl sites for hydroxylation is 2. The van der Waals surface area contributed by atoms with E-state index in [1.165, 1.54) is 6.33 Å². The zero-order valence-corrected chi connectivity index (χ0v) is 16.0. The summed E-state index contributed by atoms with van der Waals surface area (Å²) in [5, 5.41) is 0. The molecule has 0 aliphatic rings. The molecular weight excluding hydrogens is 370 g/mol. The second-order valence-corrected chi connectivity index (χ2v) is 6.32. The van der Waals surface area contributed by atoms with Gasteiger partial charge in [0, 0.05) is 11.1 Å². The lowest BCUT2D eigenvalue weighted by Crippen LogP contribution is -2.32. The fraction of sp³-hybridized carbons (Fsp3) is 0.100. The number of hydrogen-bond donors (Lipinski definition) is 5. The van der Waals surface area contributed by atoms with Gasteiger partial charge in [-0.05, 0) is 37.6 Å². The average molecular weight is 391 g/mol. The van der Waals surface area contributed by atoms with E-state index in [4.69, 9.17) is 5.73 Å². The van der Waals surface area contributed by atoms with Crippen LogP contribution in [0.15, 0.2) is 54.9 Å². The first-order valence-corrected chi connectivity index (χ1v) is 8.81. The Hall–Kier alpha value is -4.14. The van der Waals surface area contributed by atoms with Crippen LogP contribution in [0.4, 0.5) is 17.3 Å². The minimum atomic E-state index is -0.342. The molecule has 0 spiro atoms. The van der Waals surface area contributed by atoms with Gasteiger partial charge < -0.3 is 5.73 Å². The number of carbonyl (C=O) groups excluding carboxylic acids is 2. The van der Waals surface area contributed by atoms with E-state index >= 15 is 0 Å². The SMILES string of the molecule is Cc1ccc(C(=O)NNc2ncnc(NNC(=O)c3ccccc3C)c2N)cc1. The van der Waals surface area contributed by atoms with E-state index in [-0.39, 0.29) is 29.1 Å². The van der Waals surface area contributed by atoms with Crippen molar-refractivity contribution in [1.82, 2.24) is 20.8 Å². The number of carbonyl (C=O) groups is 2. The lowest BCUT2D eigenvalue weighted by Gasteiger charge is -2.14. The Labute approximate surface area is 167 Å². The number of benzene rings is 2. The molecule has 6 N–H and O–H groups in total. The maximum Gasteiger partial charge on any atom is 0.269 e. The van der Waals surface area contributed by atoms with Crippen LogP contribution in [0, 0.1) is 13.8 Å². The zero-order valence-electron chi connectivity index (χ0n) is 16.0. The molecule has 2 amide bonds. The molecule has 0 bridgehead atoms. The highest BCUT2D eigenvalue weighted by Crippen LogP contribution is 2.21. The molecular formula is C20H21N7O2. The molecule has 0 unspecified atom stereocenters. The highest BCUT2D eigenvalue weighted by atomic mass is 16.2. The third-order valence-electron chi connectivity index (χ3n) is 4.18. The van der Waals surface area contributed by atoms with Crippen LogP contribution in [0.3, 0.4) is 0 Å². The van der Waals surface area contributed by atoms with E-state index in [9.17, 15) is 9.59 Å². The Morgan fingerprint density at radius 3 is 2.03 bits per heavy atom. The summed E-state index contributed by atoms with van der Waals surface area (Å²) in [7, 11) is 0. The van der Waals surface area contributed by atoms with Gasteiger partial charge in [-0.2, -0.15) is 0 Å². The molecule has 0 radical (unpaired) electrons. The van der Waals surface area contributed by atoms with Crippen LogP contribution in [-0.2, 0) is 0 Å². The number of hydrogen-bond acceptors (Lipinski definition) is 7. The maximum absolute atomic E-state index is 12.3. The number of nitrogen functional groups attached to an aromatic ring is 1. The summed E-state index contributed by atoms with van der Waals surface area (Å²) >= 11 is 0. The predicted octanol–water partition coefficient (Wildman–Crippen LogP) is 2.19. The summed E-state index contributed by atoms with van der Waals surface area (Å²) in [4.78, 5) is 32.5. The summed E-state index contributed by atoms with van der Waals surface area (Å²) < 4.78 is 0. The minimum Gasteiger partial charge on any atom is -0.393 e. The lowest BCUT2D eigenvalue weighted by molar-refractivity contribution is 0.0954. The molecule has 3 aromatic rings. The first-order valence-electron chi connectivity index (χ1n) is 8.81. The standard InChI is InChI=1S/C20H21N7O2/c1-12-7-9-14(10-8-12)19(28)26-24-17-16(21)18(23-11-22-17)25-27-20(29)15-6-4-3-5-13(15)2/h3-11H,21H2,1-2H3,(H,26,28)(H,27,29)(H2,22,23,24,25). The molecule has 0 saturated heterocycles. The number of rotatable bonds is 6. The van der Waals surface area contributed by atoms with Gasteiger partial charge in [-0.3, -0.25) is 31.3 Å². The molecule has 0 aliphatic carbocycles. The van der Waals surface area contributed by atoms with Gasteiger partial charge in [0.15, 0.2) is 11.6 Å². The molecule has 0 atom stereocenters. The number of nitrogens with one attached hydrogen (secondary N) is 4. The van der Waals surface area contributed by atoms with Crippen LogP contribution >= 0.6 is 0 Å². The Morgan fingerprint density at radius 2 is 1.41 bits per heavy atom. The fourth-order valence-electron chi connectivity index (χ4n) is 2.50. The number of anilines is 3. The second-order valence-electron chi connectivity index (χ2n) is 6.32. The van der Waals surface area contributed by atoms with E-state index in [0.717, 1.165) is 11.1 Å². The number of nitrogens with zero attached hydrogens (tertiary/aromatic N) is 2. The second kappa shape index (κ2) is 8.70. The van der Waals surface area contributed by atoms with E-state index < -0.39 is 0 Å². The Bertz CT molecular complexity index is 1040. The van der Waals surface area contributed by atoms with Crippen LogP contribution in [0.1, 0.15) is 31.8 Å². The summed E-state index contributed by atoms with van der Waals surface area (Å²) in [6, 6.07) is 14.3. The average Bonchev–Trinajstić information content (AvgIpc) is 2.72. The topological polar surface area (TPSA) is 134 Å². The lowest BCUT2D eigenvalue weighted by atomic mass is 10.1. The smallest absolute Gasteiger partial charge is 0.269 e. The Balaban J connectivity index is 1.63. The van der Waals surface area contributed by atoms with Crippen molar-refractivity contribution < 1.29 is 9.59 Å². The maximum atomic E-state index is 12.3. The molecule has 1 aromatic heterocycles. The molecule has 9 nitrogen and oxygen atoms in total. The largest absolute Gasteiger partial charge is 0.393 e. The number of hydrazine groups is 2. The molecule has 0 fully saturated rings. The number of amides is 2. The van der Waals surface area contributed by atoms with Crippen LogP contribution in [0.5, 0.6) is 0 Å². The van der Waals surface area contributed by atoms with Crippen molar-refractivity contribution >= 4 is 29.1 Å². The Kier molecular flexibility index (Phi) is 5.88. The zero-order chi connectivity index (χ0) is 20.8. The number of aromatic nitrogens is 2. The van der Waals surface area contributed by atoms with Crippen molar-refractivity contribution in [2.75, 3.05) is 16.6 Å². The van der Waals surface area contributed by atoms with Crippen molar-refractivity contribution in [1.29, 1.82) is 0 Å². The van der Waals surface area contributed by atoms with E-state index in [1.807, 2.05) is 38.1 Å². The minimum absolute atomic E-state index is 0.127. The van der Waals surface area contributed by atoms with Crippen LogP contribution < -0.4 is 27.4 Å². The van der Waals surface area contributed by atoms with Gasteiger partial charge in [0.1, 0.15) is 12.0 Å². The predicted molar refractivity (Wildman–Crippen MR) is 111 cm³/mol. The van der Waals surface area contributed by atoms with Gasteiger partial charge in [-0.15, -0.1) is 0 Å². The van der Waals surface area contributed by atoms with Crippen molar-refractivity contribution in [2.45, 2.75) is 13.8 Å². The number of nitrogens with two attached hydrogens (primary N) is 1. The normalized spacial score (nSPS) is 10.1. The first kappa shape index (κ1) is 19.6. The first-order chi connectivity index (χ1) is 14.0. The quantitative estimate of drug-likeness (QED) is 0.407. The third-order valence-corrected chi connectivity index (χ3v) is 4.18. The molecule has 148 valence electrons. The Morgan fingerprint density at radius 1 is 0.828 bits per heavy atom. The monoisotopic (exact) mass is 391 g/mol. The van der Waals surface area contributed by atoms with Gasteiger partial charge in [-0.25, -0.2) is 9.97 Å². The van der Waals surface area contributed by atoms with Crippen LogP contribution in [-0.4, -0.2) is 21.8 Å². The van der Waals surface area contributed by atoms with E-state index in [0.29, 0.717) is 11.1 Å². The van der Waals surface area contributed by atoms with Crippen LogP contribution in [0.2, 0.25) is 0 Å².